The van der Waals surface area contributed by atoms with Crippen LogP contribution in [-0.4, -0.2) is 53.7 Å². The molecule has 2 atom stereocenters. The molecule has 0 amide bonds. The van der Waals surface area contributed by atoms with Crippen LogP contribution in [0.2, 0.25) is 0 Å². The third kappa shape index (κ3) is 5.06. The van der Waals surface area contributed by atoms with Crippen LogP contribution < -0.4 is 10.1 Å². The lowest BCUT2D eigenvalue weighted by Crippen LogP contribution is -2.49. The minimum absolute atomic E-state index is 0. The summed E-state index contributed by atoms with van der Waals surface area (Å²) in [5.74, 6) is 2.48. The Morgan fingerprint density at radius 2 is 2.07 bits per heavy atom. The predicted octanol–water partition coefficient (Wildman–Crippen LogP) is 4.19. The first-order chi connectivity index (χ1) is 14.3. The number of nitrogens with one attached hydrogen (secondary N) is 1. The number of halogens is 1. The summed E-state index contributed by atoms with van der Waals surface area (Å²) in [6.45, 7) is 5.55. The molecule has 0 saturated carbocycles. The average molecular weight is 519 g/mol. The quantitative estimate of drug-likeness (QED) is 0.238. The Morgan fingerprint density at radius 1 is 1.23 bits per heavy atom. The summed E-state index contributed by atoms with van der Waals surface area (Å²) in [4.78, 5) is 11.0. The lowest BCUT2D eigenvalue weighted by Gasteiger charge is -2.39. The highest BCUT2D eigenvalue weighted by Gasteiger charge is 2.28. The lowest BCUT2D eigenvalue weighted by atomic mass is 9.93. The zero-order chi connectivity index (χ0) is 20.1. The minimum Gasteiger partial charge on any atom is -0.491 e. The van der Waals surface area contributed by atoms with Gasteiger partial charge >= 0.3 is 0 Å². The average Bonchev–Trinajstić information content (AvgIpc) is 3.29. The third-order valence-electron chi connectivity index (χ3n) is 5.73. The van der Waals surface area contributed by atoms with Crippen LogP contribution in [0.4, 0.5) is 0 Å². The number of hydrogen-bond donors (Lipinski definition) is 1. The van der Waals surface area contributed by atoms with E-state index in [1.54, 1.807) is 0 Å². The highest BCUT2D eigenvalue weighted by Crippen LogP contribution is 2.27. The number of likely N-dealkylation sites (tertiary alicyclic amines) is 1. The molecule has 1 aromatic heterocycles. The van der Waals surface area contributed by atoms with Crippen LogP contribution in [0.15, 0.2) is 66.2 Å². The van der Waals surface area contributed by atoms with Gasteiger partial charge in [0.25, 0.3) is 0 Å². The van der Waals surface area contributed by atoms with Gasteiger partial charge in [0.1, 0.15) is 12.4 Å². The standard InChI is InChI=1S/C23H29N5O.HI/c1-18-10-13-27(16-21(18)28-14-11-25-17-28)23(24-2)26-12-15-29-22-9-5-7-19-6-3-4-8-20(19)22;/h3-9,11,14,17-18,21H,10,12-13,15-16H2,1-2H3,(H,24,26);1H. The molecular formula is C23H30IN5O. The molecular weight excluding hydrogens is 489 g/mol. The summed E-state index contributed by atoms with van der Waals surface area (Å²) in [7, 11) is 1.85. The fraction of sp³-hybridized carbons (Fsp3) is 0.391. The molecule has 160 valence electrons. The van der Waals surface area contributed by atoms with E-state index in [0.717, 1.165) is 36.6 Å². The van der Waals surface area contributed by atoms with Crippen molar-refractivity contribution in [3.05, 3.63) is 61.2 Å². The van der Waals surface area contributed by atoms with Crippen molar-refractivity contribution in [2.24, 2.45) is 10.9 Å². The summed E-state index contributed by atoms with van der Waals surface area (Å²) in [6.07, 6.45) is 6.96. The maximum absolute atomic E-state index is 6.05. The molecule has 2 heterocycles. The van der Waals surface area contributed by atoms with E-state index in [2.05, 4.69) is 56.1 Å². The van der Waals surface area contributed by atoms with E-state index in [0.29, 0.717) is 25.1 Å². The minimum atomic E-state index is 0. The largest absolute Gasteiger partial charge is 0.491 e. The van der Waals surface area contributed by atoms with Crippen LogP contribution in [0.1, 0.15) is 19.4 Å². The van der Waals surface area contributed by atoms with Gasteiger partial charge in [0.05, 0.1) is 18.9 Å². The van der Waals surface area contributed by atoms with Crippen molar-refractivity contribution in [3.8, 4) is 5.75 Å². The van der Waals surface area contributed by atoms with Crippen LogP contribution in [0.25, 0.3) is 10.8 Å². The van der Waals surface area contributed by atoms with Crippen LogP contribution in [0, 0.1) is 5.92 Å². The van der Waals surface area contributed by atoms with Crippen molar-refractivity contribution in [1.82, 2.24) is 19.8 Å². The molecule has 30 heavy (non-hydrogen) atoms. The summed E-state index contributed by atoms with van der Waals surface area (Å²) in [5.41, 5.74) is 0. The number of fused-ring (bicyclic) bond motifs is 1. The Morgan fingerprint density at radius 3 is 2.87 bits per heavy atom. The van der Waals surface area contributed by atoms with Gasteiger partial charge in [-0.15, -0.1) is 24.0 Å². The van der Waals surface area contributed by atoms with Gasteiger partial charge in [-0.2, -0.15) is 0 Å². The van der Waals surface area contributed by atoms with Crippen molar-refractivity contribution in [2.45, 2.75) is 19.4 Å². The maximum Gasteiger partial charge on any atom is 0.193 e. The molecule has 1 fully saturated rings. The molecule has 4 rings (SSSR count). The maximum atomic E-state index is 6.05. The van der Waals surface area contributed by atoms with Crippen LogP contribution in [0.5, 0.6) is 5.75 Å². The van der Waals surface area contributed by atoms with Crippen LogP contribution in [-0.2, 0) is 0 Å². The van der Waals surface area contributed by atoms with Gasteiger partial charge in [-0.3, -0.25) is 4.99 Å². The Bertz CT molecular complexity index is 954. The summed E-state index contributed by atoms with van der Waals surface area (Å²) in [6, 6.07) is 14.9. The first-order valence-electron chi connectivity index (χ1n) is 10.3. The highest BCUT2D eigenvalue weighted by atomic mass is 127. The van der Waals surface area contributed by atoms with E-state index in [1.165, 1.54) is 5.39 Å². The van der Waals surface area contributed by atoms with E-state index in [9.17, 15) is 0 Å². The topological polar surface area (TPSA) is 54.7 Å². The molecule has 0 bridgehead atoms. The molecule has 0 aliphatic carbocycles. The second-order valence-corrected chi connectivity index (χ2v) is 7.59. The smallest absolute Gasteiger partial charge is 0.193 e. The molecule has 3 aromatic rings. The number of ether oxygens (including phenoxy) is 1. The van der Waals surface area contributed by atoms with Crippen LogP contribution >= 0.6 is 24.0 Å². The number of piperidine rings is 1. The van der Waals surface area contributed by atoms with E-state index in [1.807, 2.05) is 43.8 Å². The molecule has 0 radical (unpaired) electrons. The number of rotatable bonds is 5. The van der Waals surface area contributed by atoms with Gasteiger partial charge in [0.15, 0.2) is 5.96 Å². The molecule has 1 N–H and O–H groups in total. The first kappa shape index (κ1) is 22.4. The molecule has 2 aromatic carbocycles. The van der Waals surface area contributed by atoms with E-state index in [4.69, 9.17) is 4.74 Å². The predicted molar refractivity (Wildman–Crippen MR) is 133 cm³/mol. The number of aromatic nitrogens is 2. The monoisotopic (exact) mass is 519 g/mol. The van der Waals surface area contributed by atoms with Gasteiger partial charge in [-0.05, 0) is 23.8 Å². The van der Waals surface area contributed by atoms with Gasteiger partial charge in [-0.1, -0.05) is 43.3 Å². The number of imidazole rings is 1. The van der Waals surface area contributed by atoms with Gasteiger partial charge in [-0.25, -0.2) is 4.98 Å². The normalized spacial score (nSPS) is 19.4. The molecule has 2 unspecified atom stereocenters. The van der Waals surface area contributed by atoms with Crippen molar-refractivity contribution >= 4 is 40.7 Å². The summed E-state index contributed by atoms with van der Waals surface area (Å²) < 4.78 is 8.27. The number of aliphatic imine (C=N–C) groups is 1. The number of guanidine groups is 1. The number of benzene rings is 2. The summed E-state index contributed by atoms with van der Waals surface area (Å²) in [5, 5.41) is 5.81. The van der Waals surface area contributed by atoms with Crippen molar-refractivity contribution in [1.29, 1.82) is 0 Å². The Kier molecular flexibility index (Phi) is 7.95. The van der Waals surface area contributed by atoms with Gasteiger partial charge < -0.3 is 19.5 Å². The zero-order valence-electron chi connectivity index (χ0n) is 17.6. The van der Waals surface area contributed by atoms with E-state index in [-0.39, 0.29) is 24.0 Å². The lowest BCUT2D eigenvalue weighted by molar-refractivity contribution is 0.188. The fourth-order valence-corrected chi connectivity index (χ4v) is 4.07. The molecule has 7 heteroatoms. The van der Waals surface area contributed by atoms with Gasteiger partial charge in [0.2, 0.25) is 0 Å². The molecule has 1 aliphatic heterocycles. The molecule has 1 saturated heterocycles. The number of hydrogen-bond acceptors (Lipinski definition) is 3. The Hall–Kier alpha value is -2.29. The van der Waals surface area contributed by atoms with Gasteiger partial charge in [0, 0.05) is 37.9 Å². The number of nitrogens with zero attached hydrogens (tertiary/aromatic N) is 4. The van der Waals surface area contributed by atoms with Crippen molar-refractivity contribution in [3.63, 3.8) is 0 Å². The summed E-state index contributed by atoms with van der Waals surface area (Å²) >= 11 is 0. The Balaban J connectivity index is 0.00000256. The second-order valence-electron chi connectivity index (χ2n) is 7.59. The first-order valence-corrected chi connectivity index (χ1v) is 10.3. The zero-order valence-corrected chi connectivity index (χ0v) is 19.9. The fourth-order valence-electron chi connectivity index (χ4n) is 4.07. The molecule has 1 aliphatic rings. The second kappa shape index (κ2) is 10.7. The Labute approximate surface area is 195 Å². The van der Waals surface area contributed by atoms with Crippen LogP contribution in [0.3, 0.4) is 0 Å². The van der Waals surface area contributed by atoms with Crippen molar-refractivity contribution in [2.75, 3.05) is 33.3 Å². The SMILES string of the molecule is CN=C(NCCOc1cccc2ccccc12)N1CCC(C)C(n2ccnc2)C1.I. The van der Waals surface area contributed by atoms with E-state index < -0.39 is 0 Å². The highest BCUT2D eigenvalue weighted by molar-refractivity contribution is 14.0. The van der Waals surface area contributed by atoms with E-state index >= 15 is 0 Å². The molecule has 0 spiro atoms. The van der Waals surface area contributed by atoms with Crippen molar-refractivity contribution < 1.29 is 4.74 Å². The third-order valence-corrected chi connectivity index (χ3v) is 5.73. The molecule has 6 nitrogen and oxygen atoms in total.